The fourth-order valence-electron chi connectivity index (χ4n) is 4.88. The molecule has 1 heterocycles. The summed E-state index contributed by atoms with van der Waals surface area (Å²) < 4.78 is 12.5. The molecule has 0 saturated heterocycles. The van der Waals surface area contributed by atoms with Crippen LogP contribution in [0.15, 0.2) is 52.9 Å². The number of anilines is 1. The summed E-state index contributed by atoms with van der Waals surface area (Å²) >= 11 is -2.43. The first-order valence-electron chi connectivity index (χ1n) is 13.0. The summed E-state index contributed by atoms with van der Waals surface area (Å²) in [4.78, 5) is 2.12. The molecule has 0 aliphatic rings. The van der Waals surface area contributed by atoms with Gasteiger partial charge in [-0.25, -0.2) is 0 Å². The molecule has 0 aliphatic heterocycles. The van der Waals surface area contributed by atoms with Gasteiger partial charge in [0, 0.05) is 14.1 Å². The fourth-order valence-corrected chi connectivity index (χ4v) is 20.8. The van der Waals surface area contributed by atoms with Crippen LogP contribution in [-0.2, 0) is 0 Å². The van der Waals surface area contributed by atoms with E-state index in [1.807, 2.05) is 0 Å². The Kier molecular flexibility index (Phi) is 9.97. The van der Waals surface area contributed by atoms with Gasteiger partial charge in [0.15, 0.2) is 0 Å². The average Bonchev–Trinajstić information content (AvgIpc) is 3.25. The summed E-state index contributed by atoms with van der Waals surface area (Å²) in [6.45, 7) is 7.04. The van der Waals surface area contributed by atoms with Gasteiger partial charge < -0.3 is 0 Å². The van der Waals surface area contributed by atoms with Crippen LogP contribution in [0.1, 0.15) is 70.6 Å². The van der Waals surface area contributed by atoms with Gasteiger partial charge in [-0.1, -0.05) is 0 Å². The molecule has 0 bridgehead atoms. The van der Waals surface area contributed by atoms with Crippen LogP contribution >= 0.6 is 0 Å². The molecule has 3 rings (SSSR count). The van der Waals surface area contributed by atoms with E-state index >= 15 is 0 Å². The molecule has 3 aromatic rings. The zero-order chi connectivity index (χ0) is 23.7. The Hall–Kier alpha value is -1.68. The number of hydrogen-bond acceptors (Lipinski definition) is 2. The third-order valence-electron chi connectivity index (χ3n) is 7.03. The first-order valence-corrected chi connectivity index (χ1v) is 20.5. The molecule has 0 amide bonds. The molecule has 33 heavy (non-hydrogen) atoms. The molecule has 3 heteroatoms. The Balaban J connectivity index is 1.88. The van der Waals surface area contributed by atoms with Crippen molar-refractivity contribution in [3.8, 4) is 0 Å². The summed E-state index contributed by atoms with van der Waals surface area (Å²) in [6, 6.07) is 18.0. The molecule has 2 nitrogen and oxygen atoms in total. The van der Waals surface area contributed by atoms with Crippen LogP contribution in [0.2, 0.25) is 13.3 Å². The molecule has 0 radical (unpaired) electrons. The van der Waals surface area contributed by atoms with Gasteiger partial charge in [-0.15, -0.1) is 0 Å². The Morgan fingerprint density at radius 3 is 1.91 bits per heavy atom. The van der Waals surface area contributed by atoms with E-state index in [4.69, 9.17) is 4.42 Å². The van der Waals surface area contributed by atoms with Crippen LogP contribution in [0.3, 0.4) is 0 Å². The molecule has 0 spiro atoms. The average molecular weight is 552 g/mol. The maximum absolute atomic E-state index is 6.34. The second kappa shape index (κ2) is 12.7. The normalized spacial score (nSPS) is 12.2. The number of fused-ring (bicyclic) bond motifs is 1. The van der Waals surface area contributed by atoms with E-state index in [0.717, 1.165) is 11.3 Å². The molecule has 178 valence electrons. The Bertz CT molecular complexity index is 994. The van der Waals surface area contributed by atoms with Crippen molar-refractivity contribution in [2.24, 2.45) is 0 Å². The summed E-state index contributed by atoms with van der Waals surface area (Å²) in [7, 11) is 4.14. The predicted octanol–water partition coefficient (Wildman–Crippen LogP) is 8.73. The van der Waals surface area contributed by atoms with Crippen LogP contribution in [0.25, 0.3) is 23.1 Å². The SMILES string of the molecule is CCC[CH2][Sn]([CH2]CCC)([CH2]CCC)[c]1ccc2cc(/C=C/c3ccc(N(C)C)cc3)oc2c1. The van der Waals surface area contributed by atoms with Crippen molar-refractivity contribution < 1.29 is 4.42 Å². The van der Waals surface area contributed by atoms with Crippen molar-refractivity contribution >= 4 is 50.8 Å². The van der Waals surface area contributed by atoms with E-state index < -0.39 is 18.4 Å². The fraction of sp³-hybridized carbons (Fsp3) is 0.467. The number of hydrogen-bond donors (Lipinski definition) is 0. The summed E-state index contributed by atoms with van der Waals surface area (Å²) in [5.74, 6) is 0.940. The molecule has 0 saturated carbocycles. The van der Waals surface area contributed by atoms with E-state index in [1.54, 1.807) is 3.58 Å². The first-order chi connectivity index (χ1) is 16.0. The third-order valence-corrected chi connectivity index (χ3v) is 22.6. The number of furan rings is 1. The van der Waals surface area contributed by atoms with Crippen LogP contribution in [0.5, 0.6) is 0 Å². The molecule has 0 fully saturated rings. The van der Waals surface area contributed by atoms with Crippen LogP contribution in [0, 0.1) is 0 Å². The molecule has 1 aromatic heterocycles. The van der Waals surface area contributed by atoms with Gasteiger partial charge in [0.05, 0.1) is 0 Å². The molecule has 0 unspecified atom stereocenters. The second-order valence-corrected chi connectivity index (χ2v) is 23.0. The maximum atomic E-state index is 6.34. The second-order valence-electron chi connectivity index (χ2n) is 9.81. The minimum absolute atomic E-state index is 0.940. The summed E-state index contributed by atoms with van der Waals surface area (Å²) in [6.07, 6.45) is 12.3. The van der Waals surface area contributed by atoms with E-state index in [0.29, 0.717) is 0 Å². The summed E-state index contributed by atoms with van der Waals surface area (Å²) in [5.41, 5.74) is 3.48. The third kappa shape index (κ3) is 6.91. The van der Waals surface area contributed by atoms with Crippen molar-refractivity contribution in [3.63, 3.8) is 0 Å². The van der Waals surface area contributed by atoms with Crippen molar-refractivity contribution in [2.75, 3.05) is 19.0 Å². The van der Waals surface area contributed by atoms with Crippen molar-refractivity contribution in [3.05, 3.63) is 59.9 Å². The molecule has 0 N–H and O–H groups in total. The van der Waals surface area contributed by atoms with Crippen LogP contribution in [0.4, 0.5) is 5.69 Å². The molecular formula is C30H43NOSn. The Labute approximate surface area is 205 Å². The van der Waals surface area contributed by atoms with Crippen LogP contribution < -0.4 is 8.48 Å². The molecule has 2 aromatic carbocycles. The topological polar surface area (TPSA) is 16.4 Å². The van der Waals surface area contributed by atoms with Crippen molar-refractivity contribution in [2.45, 2.75) is 72.6 Å². The number of unbranched alkanes of at least 4 members (excludes halogenated alkanes) is 3. The molecular weight excluding hydrogens is 509 g/mol. The quantitative estimate of drug-likeness (QED) is 0.197. The van der Waals surface area contributed by atoms with E-state index in [-0.39, 0.29) is 0 Å². The van der Waals surface area contributed by atoms with E-state index in [2.05, 4.69) is 100 Å². The van der Waals surface area contributed by atoms with E-state index in [9.17, 15) is 0 Å². The first kappa shape index (κ1) is 25.9. The Morgan fingerprint density at radius 2 is 1.36 bits per heavy atom. The number of nitrogens with zero attached hydrogens (tertiary/aromatic N) is 1. The predicted molar refractivity (Wildman–Crippen MR) is 150 cm³/mol. The van der Waals surface area contributed by atoms with Gasteiger partial charge >= 0.3 is 193 Å². The zero-order valence-electron chi connectivity index (χ0n) is 21.5. The van der Waals surface area contributed by atoms with Crippen LogP contribution in [-0.4, -0.2) is 32.5 Å². The zero-order valence-corrected chi connectivity index (χ0v) is 24.3. The van der Waals surface area contributed by atoms with Gasteiger partial charge in [-0.05, 0) is 0 Å². The minimum atomic E-state index is -2.43. The van der Waals surface area contributed by atoms with Gasteiger partial charge in [-0.2, -0.15) is 0 Å². The van der Waals surface area contributed by atoms with Gasteiger partial charge in [0.1, 0.15) is 0 Å². The van der Waals surface area contributed by atoms with Crippen molar-refractivity contribution in [1.82, 2.24) is 0 Å². The monoisotopic (exact) mass is 553 g/mol. The van der Waals surface area contributed by atoms with Gasteiger partial charge in [0.25, 0.3) is 0 Å². The standard InChI is InChI=1S/C18H16NO.3C4H9.Sn/c1-19(2)16-10-7-14(8-11-16)9-12-17-13-15-5-3-4-6-18(15)20-17;3*1-3-4-2;/h3,5-13H,1-2H3;3*1,3-4H2,2H3;/b12-9+;;;;. The summed E-state index contributed by atoms with van der Waals surface area (Å²) in [5, 5.41) is 1.23. The van der Waals surface area contributed by atoms with Gasteiger partial charge in [0.2, 0.25) is 0 Å². The number of rotatable bonds is 13. The van der Waals surface area contributed by atoms with Gasteiger partial charge in [-0.3, -0.25) is 0 Å². The van der Waals surface area contributed by atoms with Crippen molar-refractivity contribution in [1.29, 1.82) is 0 Å². The molecule has 0 atom stereocenters. The Morgan fingerprint density at radius 1 is 0.758 bits per heavy atom. The van der Waals surface area contributed by atoms with E-state index in [1.165, 1.54) is 68.5 Å². The number of benzene rings is 2. The molecule has 0 aliphatic carbocycles.